The lowest BCUT2D eigenvalue weighted by Crippen LogP contribution is -2.36. The van der Waals surface area contributed by atoms with Gasteiger partial charge in [0.05, 0.1) is 39.3 Å². The van der Waals surface area contributed by atoms with Gasteiger partial charge >= 0.3 is 35.8 Å². The van der Waals surface area contributed by atoms with Crippen molar-refractivity contribution >= 4 is 35.8 Å². The van der Waals surface area contributed by atoms with E-state index in [1.165, 1.54) is 25.7 Å². The maximum atomic E-state index is 13.3. The van der Waals surface area contributed by atoms with Gasteiger partial charge in [0.25, 0.3) is 0 Å². The normalized spacial score (nSPS) is 14.8. The summed E-state index contributed by atoms with van der Waals surface area (Å²) >= 11 is 0. The van der Waals surface area contributed by atoms with Crippen molar-refractivity contribution in [3.63, 3.8) is 0 Å². The molecule has 0 aromatic heterocycles. The fraction of sp³-hybridized carbons (Fsp3) is 0.880. The number of carbonyl (C=O) groups is 6. The van der Waals surface area contributed by atoms with Gasteiger partial charge in [-0.1, -0.05) is 156 Å². The van der Waals surface area contributed by atoms with Crippen molar-refractivity contribution < 1.29 is 57.2 Å². The second-order valence-electron chi connectivity index (χ2n) is 17.7. The highest BCUT2D eigenvalue weighted by Crippen LogP contribution is 2.18. The van der Waals surface area contributed by atoms with Crippen LogP contribution in [0.3, 0.4) is 0 Å². The minimum Gasteiger partial charge on any atom is -0.465 e. The largest absolute Gasteiger partial charge is 0.465 e. The van der Waals surface area contributed by atoms with Crippen LogP contribution in [0.5, 0.6) is 0 Å². The standard InChI is InChI=1S/C50H89NO12/c1-5-9-13-17-21-25-29-45(52)58-37-41(38-59-46(53)30-26-22-18-14-10-6-2)33-49(56)62-43-35-51-36-44(43)63-50(57)34-42(39-60-47(54)31-27-23-19-15-11-7-3)40-61-48(55)32-28-24-20-16-12-8-4/h41-44,51H,5-40H2,1-4H3/t43-,44+. The van der Waals surface area contributed by atoms with Crippen molar-refractivity contribution in [3.05, 3.63) is 0 Å². The summed E-state index contributed by atoms with van der Waals surface area (Å²) in [6.07, 6.45) is 24.1. The molecular formula is C50H89NO12. The first-order valence-corrected chi connectivity index (χ1v) is 25.3. The molecule has 0 aromatic carbocycles. The molecule has 1 heterocycles. The van der Waals surface area contributed by atoms with Crippen LogP contribution < -0.4 is 5.32 Å². The van der Waals surface area contributed by atoms with E-state index in [-0.39, 0.29) is 102 Å². The van der Waals surface area contributed by atoms with Gasteiger partial charge in [0.1, 0.15) is 0 Å². The van der Waals surface area contributed by atoms with Crippen LogP contribution >= 0.6 is 0 Å². The topological polar surface area (TPSA) is 170 Å². The Labute approximate surface area is 381 Å². The molecule has 0 saturated carbocycles. The average molecular weight is 896 g/mol. The first-order chi connectivity index (χ1) is 30.6. The molecule has 0 unspecified atom stereocenters. The molecule has 0 bridgehead atoms. The van der Waals surface area contributed by atoms with E-state index in [0.29, 0.717) is 0 Å². The molecule has 1 rings (SSSR count). The Hall–Kier alpha value is -3.22. The monoisotopic (exact) mass is 896 g/mol. The fourth-order valence-corrected chi connectivity index (χ4v) is 7.43. The van der Waals surface area contributed by atoms with E-state index in [4.69, 9.17) is 28.4 Å². The average Bonchev–Trinajstić information content (AvgIpc) is 3.69. The molecule has 0 aromatic rings. The van der Waals surface area contributed by atoms with Gasteiger partial charge in [-0.2, -0.15) is 0 Å². The molecular weight excluding hydrogens is 807 g/mol. The lowest BCUT2D eigenvalue weighted by atomic mass is 10.1. The van der Waals surface area contributed by atoms with Gasteiger partial charge in [0.15, 0.2) is 12.2 Å². The molecule has 0 amide bonds. The van der Waals surface area contributed by atoms with E-state index >= 15 is 0 Å². The van der Waals surface area contributed by atoms with Crippen molar-refractivity contribution in [2.24, 2.45) is 11.8 Å². The zero-order valence-electron chi connectivity index (χ0n) is 40.2. The van der Waals surface area contributed by atoms with E-state index in [2.05, 4.69) is 33.0 Å². The van der Waals surface area contributed by atoms with E-state index < -0.39 is 36.0 Å². The van der Waals surface area contributed by atoms with E-state index in [9.17, 15) is 28.8 Å². The highest BCUT2D eigenvalue weighted by atomic mass is 16.6. The summed E-state index contributed by atoms with van der Waals surface area (Å²) in [6, 6.07) is 0. The predicted octanol–water partition coefficient (Wildman–Crippen LogP) is 10.6. The molecule has 0 spiro atoms. The molecule has 1 saturated heterocycles. The van der Waals surface area contributed by atoms with Gasteiger partial charge in [0, 0.05) is 50.6 Å². The fourth-order valence-electron chi connectivity index (χ4n) is 7.43. The number of rotatable bonds is 42. The Morgan fingerprint density at radius 3 is 0.857 bits per heavy atom. The Kier molecular flexibility index (Phi) is 37.0. The third-order valence-electron chi connectivity index (χ3n) is 11.4. The van der Waals surface area contributed by atoms with Gasteiger partial charge in [-0.3, -0.25) is 28.8 Å². The van der Waals surface area contributed by atoms with E-state index in [1.54, 1.807) is 0 Å². The number of unbranched alkanes of at least 4 members (excludes halogenated alkanes) is 20. The lowest BCUT2D eigenvalue weighted by molar-refractivity contribution is -0.167. The smallest absolute Gasteiger partial charge is 0.306 e. The zero-order valence-corrected chi connectivity index (χ0v) is 40.2. The van der Waals surface area contributed by atoms with Crippen molar-refractivity contribution in [3.8, 4) is 0 Å². The molecule has 1 N–H and O–H groups in total. The summed E-state index contributed by atoms with van der Waals surface area (Å²) in [7, 11) is 0. The Morgan fingerprint density at radius 1 is 0.365 bits per heavy atom. The number of carbonyl (C=O) groups excluding carboxylic acids is 6. The molecule has 13 heteroatoms. The van der Waals surface area contributed by atoms with Crippen LogP contribution in [0, 0.1) is 11.8 Å². The summed E-state index contributed by atoms with van der Waals surface area (Å²) in [5.74, 6) is -3.82. The van der Waals surface area contributed by atoms with Gasteiger partial charge in [-0.25, -0.2) is 0 Å². The number of esters is 6. The molecule has 1 fully saturated rings. The van der Waals surface area contributed by atoms with Crippen molar-refractivity contribution in [2.75, 3.05) is 39.5 Å². The van der Waals surface area contributed by atoms with Crippen LogP contribution in [0.15, 0.2) is 0 Å². The quantitative estimate of drug-likeness (QED) is 0.0349. The maximum Gasteiger partial charge on any atom is 0.306 e. The molecule has 1 aliphatic rings. The summed E-state index contributed by atoms with van der Waals surface area (Å²) in [5.41, 5.74) is 0. The van der Waals surface area contributed by atoms with Crippen molar-refractivity contribution in [2.45, 2.75) is 233 Å². The Bertz CT molecular complexity index is 1060. The Balaban J connectivity index is 2.79. The molecule has 0 radical (unpaired) electrons. The molecule has 0 aliphatic carbocycles. The van der Waals surface area contributed by atoms with Gasteiger partial charge in [0.2, 0.25) is 0 Å². The Morgan fingerprint density at radius 2 is 0.603 bits per heavy atom. The highest BCUT2D eigenvalue weighted by molar-refractivity contribution is 5.73. The maximum absolute atomic E-state index is 13.3. The third-order valence-corrected chi connectivity index (χ3v) is 11.4. The summed E-state index contributed by atoms with van der Waals surface area (Å²) in [5, 5.41) is 3.11. The third kappa shape index (κ3) is 33.9. The number of hydrogen-bond acceptors (Lipinski definition) is 13. The number of hydrogen-bond donors (Lipinski definition) is 1. The van der Waals surface area contributed by atoms with Crippen molar-refractivity contribution in [1.82, 2.24) is 5.32 Å². The van der Waals surface area contributed by atoms with Gasteiger partial charge < -0.3 is 33.7 Å². The van der Waals surface area contributed by atoms with Crippen LogP contribution in [-0.2, 0) is 57.2 Å². The molecule has 13 nitrogen and oxygen atoms in total. The van der Waals surface area contributed by atoms with Crippen molar-refractivity contribution in [1.29, 1.82) is 0 Å². The van der Waals surface area contributed by atoms with Crippen LogP contribution in [-0.4, -0.2) is 87.5 Å². The van der Waals surface area contributed by atoms with Crippen LogP contribution in [0.25, 0.3) is 0 Å². The lowest BCUT2D eigenvalue weighted by Gasteiger charge is -2.23. The van der Waals surface area contributed by atoms with Gasteiger partial charge in [-0.05, 0) is 25.7 Å². The molecule has 2 atom stereocenters. The number of nitrogens with one attached hydrogen (secondary N) is 1. The SMILES string of the molecule is CCCCCCCCC(=O)OCC(COC(=O)CCCCCCCC)CC(=O)O[C@H]1CNC[C@H]1OC(=O)CC(COC(=O)CCCCCCCC)COC(=O)CCCCCCCC. The summed E-state index contributed by atoms with van der Waals surface area (Å²) in [4.78, 5) is 76.9. The molecule has 366 valence electrons. The van der Waals surface area contributed by atoms with E-state index in [1.807, 2.05) is 0 Å². The summed E-state index contributed by atoms with van der Waals surface area (Å²) in [6.45, 7) is 8.77. The van der Waals surface area contributed by atoms with Gasteiger partial charge in [-0.15, -0.1) is 0 Å². The first-order valence-electron chi connectivity index (χ1n) is 25.3. The highest BCUT2D eigenvalue weighted by Gasteiger charge is 2.35. The van der Waals surface area contributed by atoms with Crippen LogP contribution in [0.1, 0.15) is 220 Å². The van der Waals surface area contributed by atoms with Crippen LogP contribution in [0.2, 0.25) is 0 Å². The molecule has 1 aliphatic heterocycles. The zero-order chi connectivity index (χ0) is 46.2. The second kappa shape index (κ2) is 40.3. The van der Waals surface area contributed by atoms with E-state index in [0.717, 1.165) is 128 Å². The second-order valence-corrected chi connectivity index (χ2v) is 17.7. The van der Waals surface area contributed by atoms with Crippen LogP contribution in [0.4, 0.5) is 0 Å². The predicted molar refractivity (Wildman–Crippen MR) is 245 cm³/mol. The molecule has 63 heavy (non-hydrogen) atoms. The first kappa shape index (κ1) is 57.8. The minimum absolute atomic E-state index is 0.0934. The number of ether oxygens (including phenoxy) is 6. The summed E-state index contributed by atoms with van der Waals surface area (Å²) < 4.78 is 33.8. The minimum atomic E-state index is -0.781.